The molecule has 1 fully saturated rings. The molecule has 10 heteroatoms. The van der Waals surface area contributed by atoms with Crippen molar-refractivity contribution in [3.63, 3.8) is 0 Å². The van der Waals surface area contributed by atoms with Crippen LogP contribution in [0.5, 0.6) is 0 Å². The van der Waals surface area contributed by atoms with Gasteiger partial charge in [0.2, 0.25) is 5.91 Å². The molecule has 2 aromatic heterocycles. The summed E-state index contributed by atoms with van der Waals surface area (Å²) in [6.07, 6.45) is -1.86. The van der Waals surface area contributed by atoms with Crippen LogP contribution in [-0.2, 0) is 29.2 Å². The number of aliphatic hydroxyl groups excluding tert-OH is 2. The molecular weight excluding hydrogens is 358 g/mol. The Hall–Kier alpha value is -1.85. The fourth-order valence-electron chi connectivity index (χ4n) is 2.87. The Morgan fingerprint density at radius 3 is 2.88 bits per heavy atom. The topological polar surface area (TPSA) is 122 Å². The van der Waals surface area contributed by atoms with Crippen molar-refractivity contribution < 1.29 is 19.7 Å². The first-order chi connectivity index (χ1) is 12.6. The van der Waals surface area contributed by atoms with E-state index in [0.29, 0.717) is 13.1 Å². The number of nitrogens with one attached hydrogen (secondary N) is 2. The second kappa shape index (κ2) is 8.69. The predicted molar refractivity (Wildman–Crippen MR) is 94.2 cm³/mol. The maximum Gasteiger partial charge on any atom is 0.223 e. The number of thiophene rings is 1. The van der Waals surface area contributed by atoms with Crippen molar-refractivity contribution in [3.05, 3.63) is 34.3 Å². The van der Waals surface area contributed by atoms with E-state index < -0.39 is 24.4 Å². The van der Waals surface area contributed by atoms with Crippen LogP contribution in [0.25, 0.3) is 0 Å². The average Bonchev–Trinajstić information content (AvgIpc) is 3.34. The molecule has 1 aliphatic rings. The number of hydrogen-bond donors (Lipinski definition) is 4. The molecule has 2 aromatic rings. The standard InChI is InChI=1S/C16H23N5O4S/c1-17-6-10-8-21(20-19-10)9-13-16(24)15(23)12(25-13)5-14(22)18-7-11-3-2-4-26-11/h2-4,8,12-13,15-17,23-24H,5-7,9H2,1H3,(H,18,22)/t12-,13+,15-,16+/m0/s1. The first-order valence-electron chi connectivity index (χ1n) is 8.41. The lowest BCUT2D eigenvalue weighted by molar-refractivity contribution is -0.125. The van der Waals surface area contributed by atoms with E-state index in [-0.39, 0.29) is 18.9 Å². The Morgan fingerprint density at radius 2 is 2.15 bits per heavy atom. The summed E-state index contributed by atoms with van der Waals surface area (Å²) < 4.78 is 7.27. The molecule has 1 aliphatic heterocycles. The highest BCUT2D eigenvalue weighted by Gasteiger charge is 2.43. The maximum atomic E-state index is 12.1. The zero-order valence-corrected chi connectivity index (χ0v) is 15.2. The van der Waals surface area contributed by atoms with Crippen molar-refractivity contribution in [2.45, 2.75) is 50.5 Å². The molecule has 9 nitrogen and oxygen atoms in total. The molecule has 3 rings (SSSR count). The second-order valence-corrected chi connectivity index (χ2v) is 7.25. The Kier molecular flexibility index (Phi) is 6.33. The predicted octanol–water partition coefficient (Wildman–Crippen LogP) is -0.745. The van der Waals surface area contributed by atoms with Crippen molar-refractivity contribution in [1.82, 2.24) is 25.6 Å². The van der Waals surface area contributed by atoms with Gasteiger partial charge in [0.25, 0.3) is 0 Å². The van der Waals surface area contributed by atoms with Crippen LogP contribution in [0.2, 0.25) is 0 Å². The van der Waals surface area contributed by atoms with E-state index in [0.717, 1.165) is 10.6 Å². The molecule has 1 amide bonds. The van der Waals surface area contributed by atoms with E-state index in [1.807, 2.05) is 24.6 Å². The molecule has 0 aromatic carbocycles. The molecule has 0 radical (unpaired) electrons. The molecule has 4 N–H and O–H groups in total. The highest BCUT2D eigenvalue weighted by molar-refractivity contribution is 7.09. The van der Waals surface area contributed by atoms with Crippen LogP contribution in [0.1, 0.15) is 17.0 Å². The van der Waals surface area contributed by atoms with Gasteiger partial charge in [-0.15, -0.1) is 16.4 Å². The third kappa shape index (κ3) is 4.65. The summed E-state index contributed by atoms with van der Waals surface area (Å²) in [5.74, 6) is -0.229. The van der Waals surface area contributed by atoms with Gasteiger partial charge in [0.15, 0.2) is 0 Å². The summed E-state index contributed by atoms with van der Waals surface area (Å²) >= 11 is 1.56. The average molecular weight is 381 g/mol. The highest BCUT2D eigenvalue weighted by Crippen LogP contribution is 2.25. The fourth-order valence-corrected chi connectivity index (χ4v) is 3.52. The van der Waals surface area contributed by atoms with Crippen molar-refractivity contribution in [3.8, 4) is 0 Å². The van der Waals surface area contributed by atoms with Gasteiger partial charge in [0, 0.05) is 17.6 Å². The van der Waals surface area contributed by atoms with Crippen molar-refractivity contribution in [1.29, 1.82) is 0 Å². The first kappa shape index (κ1) is 18.9. The lowest BCUT2D eigenvalue weighted by Gasteiger charge is -2.14. The molecule has 0 saturated carbocycles. The summed E-state index contributed by atoms with van der Waals surface area (Å²) in [6, 6.07) is 3.86. The van der Waals surface area contributed by atoms with Crippen LogP contribution in [-0.4, -0.2) is 62.6 Å². The number of carbonyl (C=O) groups excluding carboxylic acids is 1. The molecule has 142 valence electrons. The summed E-state index contributed by atoms with van der Waals surface area (Å²) in [5.41, 5.74) is 0.769. The number of aromatic nitrogens is 3. The second-order valence-electron chi connectivity index (χ2n) is 6.22. The van der Waals surface area contributed by atoms with Gasteiger partial charge in [-0.3, -0.25) is 4.79 Å². The molecule has 0 spiro atoms. The normalized spacial score (nSPS) is 25.5. The largest absolute Gasteiger partial charge is 0.388 e. The van der Waals surface area contributed by atoms with Gasteiger partial charge >= 0.3 is 0 Å². The van der Waals surface area contributed by atoms with Gasteiger partial charge in [0.1, 0.15) is 18.3 Å². The molecule has 0 bridgehead atoms. The Morgan fingerprint density at radius 1 is 1.35 bits per heavy atom. The third-order valence-corrected chi connectivity index (χ3v) is 5.08. The molecule has 26 heavy (non-hydrogen) atoms. The van der Waals surface area contributed by atoms with E-state index >= 15 is 0 Å². The number of carbonyl (C=O) groups is 1. The Bertz CT molecular complexity index is 707. The summed E-state index contributed by atoms with van der Waals surface area (Å²) in [5, 5.41) is 36.1. The van der Waals surface area contributed by atoms with Gasteiger partial charge in [0.05, 0.1) is 31.3 Å². The number of nitrogens with zero attached hydrogens (tertiary/aromatic N) is 3. The number of ether oxygens (including phenoxy) is 1. The van der Waals surface area contributed by atoms with Gasteiger partial charge in [-0.25, -0.2) is 4.68 Å². The minimum absolute atomic E-state index is 0.0114. The van der Waals surface area contributed by atoms with E-state index in [4.69, 9.17) is 4.74 Å². The molecular formula is C16H23N5O4S. The fraction of sp³-hybridized carbons (Fsp3) is 0.562. The molecule has 0 unspecified atom stereocenters. The van der Waals surface area contributed by atoms with Crippen LogP contribution in [0, 0.1) is 0 Å². The molecule has 3 heterocycles. The summed E-state index contributed by atoms with van der Waals surface area (Å²) in [6.45, 7) is 1.28. The zero-order chi connectivity index (χ0) is 18.5. The number of hydrogen-bond acceptors (Lipinski definition) is 8. The SMILES string of the molecule is CNCc1cn(C[C@H]2O[C@@H](CC(=O)NCc3cccs3)[C@H](O)[C@@H]2O)nn1. The summed E-state index contributed by atoms with van der Waals surface area (Å²) in [7, 11) is 1.81. The van der Waals surface area contributed by atoms with Gasteiger partial charge in [-0.05, 0) is 18.5 Å². The first-order valence-corrected chi connectivity index (χ1v) is 9.29. The number of amides is 1. The lowest BCUT2D eigenvalue weighted by Crippen LogP contribution is -2.36. The zero-order valence-electron chi connectivity index (χ0n) is 14.4. The van der Waals surface area contributed by atoms with Crippen LogP contribution >= 0.6 is 11.3 Å². The Balaban J connectivity index is 1.50. The van der Waals surface area contributed by atoms with Crippen molar-refractivity contribution in [2.75, 3.05) is 7.05 Å². The maximum absolute atomic E-state index is 12.1. The van der Waals surface area contributed by atoms with Crippen molar-refractivity contribution in [2.24, 2.45) is 0 Å². The number of aliphatic hydroxyl groups is 2. The summed E-state index contributed by atoms with van der Waals surface area (Å²) in [4.78, 5) is 13.1. The van der Waals surface area contributed by atoms with Crippen LogP contribution in [0.4, 0.5) is 0 Å². The van der Waals surface area contributed by atoms with Crippen molar-refractivity contribution >= 4 is 17.2 Å². The van der Waals surface area contributed by atoms with E-state index in [9.17, 15) is 15.0 Å². The van der Waals surface area contributed by atoms with Crippen LogP contribution in [0.3, 0.4) is 0 Å². The van der Waals surface area contributed by atoms with Crippen LogP contribution in [0.15, 0.2) is 23.7 Å². The quantitative estimate of drug-likeness (QED) is 0.475. The minimum atomic E-state index is -1.12. The van der Waals surface area contributed by atoms with Gasteiger partial charge in [-0.2, -0.15) is 0 Å². The number of rotatable bonds is 8. The van der Waals surface area contributed by atoms with E-state index in [1.54, 1.807) is 22.2 Å². The minimum Gasteiger partial charge on any atom is -0.388 e. The smallest absolute Gasteiger partial charge is 0.223 e. The van der Waals surface area contributed by atoms with Gasteiger partial charge in [-0.1, -0.05) is 11.3 Å². The monoisotopic (exact) mass is 381 g/mol. The molecule has 1 saturated heterocycles. The highest BCUT2D eigenvalue weighted by atomic mass is 32.1. The lowest BCUT2D eigenvalue weighted by atomic mass is 10.1. The molecule has 0 aliphatic carbocycles. The third-order valence-electron chi connectivity index (χ3n) is 4.20. The van der Waals surface area contributed by atoms with Crippen LogP contribution < -0.4 is 10.6 Å². The molecule has 4 atom stereocenters. The van der Waals surface area contributed by atoms with E-state index in [1.165, 1.54) is 0 Å². The van der Waals surface area contributed by atoms with E-state index in [2.05, 4.69) is 20.9 Å². The van der Waals surface area contributed by atoms with Gasteiger partial charge < -0.3 is 25.6 Å². The Labute approximate surface area is 155 Å².